The predicted octanol–water partition coefficient (Wildman–Crippen LogP) is 11.5. The van der Waals surface area contributed by atoms with Gasteiger partial charge in [0.1, 0.15) is 22.3 Å². The second-order valence-electron chi connectivity index (χ2n) is 11.4. The van der Waals surface area contributed by atoms with Crippen molar-refractivity contribution in [1.82, 2.24) is 9.97 Å². The van der Waals surface area contributed by atoms with Crippen LogP contribution in [0, 0.1) is 0 Å². The number of pyridine rings is 2. The van der Waals surface area contributed by atoms with Crippen LogP contribution in [0.25, 0.3) is 72.0 Å². The second kappa shape index (κ2) is 11.3. The molecule has 0 aliphatic rings. The average molecular weight is 573 g/mol. The Bertz CT molecular complexity index is 2270. The van der Waals surface area contributed by atoms with Crippen LogP contribution in [0.3, 0.4) is 0 Å². The first kappa shape index (κ1) is 27.4. The van der Waals surface area contributed by atoms with Gasteiger partial charge in [0.25, 0.3) is 0 Å². The first-order valence-electron chi connectivity index (χ1n) is 14.9. The maximum absolute atomic E-state index is 6.08. The molecule has 4 aromatic heterocycles. The van der Waals surface area contributed by atoms with Crippen molar-refractivity contribution in [1.29, 1.82) is 0 Å². The molecule has 0 aliphatic carbocycles. The van der Waals surface area contributed by atoms with Crippen LogP contribution in [-0.4, -0.2) is 9.97 Å². The normalized spacial score (nSPS) is 11.4. The Morgan fingerprint density at radius 3 is 1.52 bits per heavy atom. The average Bonchev–Trinajstić information content (AvgIpc) is 3.64. The molecule has 0 radical (unpaired) electrons. The quantitative estimate of drug-likeness (QED) is 0.210. The van der Waals surface area contributed by atoms with Crippen molar-refractivity contribution in [2.24, 2.45) is 0 Å². The standard InChI is InChI=1S/C20H17NO.C20H15NO/c2*1-13(2)14-10-11-18(21-12-14)17-8-5-7-16-15-6-3-4-9-19(15)22-20(16)17/h3-13H,1-2H3;3-12H,1H2,2H3. The van der Waals surface area contributed by atoms with Crippen molar-refractivity contribution >= 4 is 49.5 Å². The molecule has 0 bridgehead atoms. The molecule has 8 aromatic rings. The van der Waals surface area contributed by atoms with Crippen molar-refractivity contribution in [3.05, 3.63) is 139 Å². The summed E-state index contributed by atoms with van der Waals surface area (Å²) in [5.41, 5.74) is 10.9. The van der Waals surface area contributed by atoms with Gasteiger partial charge in [0.15, 0.2) is 0 Å². The fraction of sp³-hybridized carbons (Fsp3) is 0.100. The lowest BCUT2D eigenvalue weighted by atomic mass is 10.0. The number of aromatic nitrogens is 2. The van der Waals surface area contributed by atoms with E-state index in [4.69, 9.17) is 8.83 Å². The number of para-hydroxylation sites is 4. The van der Waals surface area contributed by atoms with Gasteiger partial charge in [-0.15, -0.1) is 0 Å². The van der Waals surface area contributed by atoms with Crippen LogP contribution in [0.2, 0.25) is 0 Å². The van der Waals surface area contributed by atoms with Crippen LogP contribution in [0.15, 0.2) is 137 Å². The highest BCUT2D eigenvalue weighted by Gasteiger charge is 2.14. The lowest BCUT2D eigenvalue weighted by Crippen LogP contribution is -1.90. The molecule has 4 nitrogen and oxygen atoms in total. The van der Waals surface area contributed by atoms with Crippen LogP contribution >= 0.6 is 0 Å². The zero-order valence-corrected chi connectivity index (χ0v) is 25.0. The second-order valence-corrected chi connectivity index (χ2v) is 11.4. The third kappa shape index (κ3) is 4.95. The van der Waals surface area contributed by atoms with Gasteiger partial charge in [0.2, 0.25) is 0 Å². The number of hydrogen-bond donors (Lipinski definition) is 0. The van der Waals surface area contributed by atoms with E-state index in [0.29, 0.717) is 5.92 Å². The lowest BCUT2D eigenvalue weighted by Gasteiger charge is -2.06. The lowest BCUT2D eigenvalue weighted by molar-refractivity contribution is 0.669. The maximum atomic E-state index is 6.08. The molecule has 4 heterocycles. The summed E-state index contributed by atoms with van der Waals surface area (Å²) in [4.78, 5) is 9.20. The summed E-state index contributed by atoms with van der Waals surface area (Å²) in [6.45, 7) is 10.3. The molecule has 0 aliphatic heterocycles. The highest BCUT2D eigenvalue weighted by Crippen LogP contribution is 2.36. The van der Waals surface area contributed by atoms with Gasteiger partial charge < -0.3 is 8.83 Å². The van der Waals surface area contributed by atoms with Crippen LogP contribution in [0.4, 0.5) is 0 Å². The number of allylic oxidation sites excluding steroid dienone is 1. The summed E-state index contributed by atoms with van der Waals surface area (Å²) >= 11 is 0. The molecule has 0 saturated carbocycles. The molecule has 44 heavy (non-hydrogen) atoms. The molecule has 0 amide bonds. The van der Waals surface area contributed by atoms with E-state index >= 15 is 0 Å². The third-order valence-electron chi connectivity index (χ3n) is 8.07. The minimum Gasteiger partial charge on any atom is -0.455 e. The molecule has 0 unspecified atom stereocenters. The van der Waals surface area contributed by atoms with E-state index < -0.39 is 0 Å². The SMILES string of the molecule is C=C(C)c1ccc(-c2cccc3c2oc2ccccc23)nc1.CC(C)c1ccc(-c2cccc3c2oc2ccccc23)nc1. The Morgan fingerprint density at radius 2 is 1.07 bits per heavy atom. The van der Waals surface area contributed by atoms with Crippen molar-refractivity contribution in [3.8, 4) is 22.5 Å². The van der Waals surface area contributed by atoms with Crippen molar-refractivity contribution in [3.63, 3.8) is 0 Å². The van der Waals surface area contributed by atoms with Crippen molar-refractivity contribution in [2.75, 3.05) is 0 Å². The van der Waals surface area contributed by atoms with Crippen molar-refractivity contribution < 1.29 is 8.83 Å². The van der Waals surface area contributed by atoms with E-state index in [-0.39, 0.29) is 0 Å². The monoisotopic (exact) mass is 572 g/mol. The summed E-state index contributed by atoms with van der Waals surface area (Å²) in [5.74, 6) is 0.489. The number of benzene rings is 4. The van der Waals surface area contributed by atoms with Crippen LogP contribution in [0.1, 0.15) is 37.8 Å². The highest BCUT2D eigenvalue weighted by atomic mass is 16.3. The minimum atomic E-state index is 0.489. The van der Waals surface area contributed by atoms with E-state index in [1.54, 1.807) is 0 Å². The molecule has 4 aromatic carbocycles. The van der Waals surface area contributed by atoms with Gasteiger partial charge in [0.05, 0.1) is 11.4 Å². The number of furan rings is 2. The number of nitrogens with zero attached hydrogens (tertiary/aromatic N) is 2. The molecular weight excluding hydrogens is 540 g/mol. The molecule has 4 heteroatoms. The topological polar surface area (TPSA) is 52.1 Å². The van der Waals surface area contributed by atoms with Gasteiger partial charge in [-0.25, -0.2) is 0 Å². The Balaban J connectivity index is 0.000000142. The summed E-state index contributed by atoms with van der Waals surface area (Å²) in [6, 6.07) is 37.0. The van der Waals surface area contributed by atoms with Crippen LogP contribution in [-0.2, 0) is 0 Å². The number of fused-ring (bicyclic) bond motifs is 6. The zero-order valence-electron chi connectivity index (χ0n) is 25.0. The Hall–Kier alpha value is -5.48. The smallest absolute Gasteiger partial charge is 0.144 e. The van der Waals surface area contributed by atoms with E-state index in [2.05, 4.69) is 78.9 Å². The molecular formula is C40H32N2O2. The van der Waals surface area contributed by atoms with Gasteiger partial charge in [-0.3, -0.25) is 9.97 Å². The fourth-order valence-corrected chi connectivity index (χ4v) is 5.61. The molecule has 0 saturated heterocycles. The van der Waals surface area contributed by atoms with Gasteiger partial charge in [-0.1, -0.05) is 93.2 Å². The summed E-state index contributed by atoms with van der Waals surface area (Å²) < 4.78 is 12.1. The first-order valence-corrected chi connectivity index (χ1v) is 14.9. The van der Waals surface area contributed by atoms with E-state index in [0.717, 1.165) is 77.5 Å². The summed E-state index contributed by atoms with van der Waals surface area (Å²) in [6.07, 6.45) is 3.82. The molecule has 0 N–H and O–H groups in total. The van der Waals surface area contributed by atoms with Gasteiger partial charge in [0, 0.05) is 45.1 Å². The van der Waals surface area contributed by atoms with Crippen molar-refractivity contribution in [2.45, 2.75) is 26.7 Å². The van der Waals surface area contributed by atoms with Gasteiger partial charge in [-0.2, -0.15) is 0 Å². The Kier molecular flexibility index (Phi) is 7.03. The van der Waals surface area contributed by atoms with Gasteiger partial charge >= 0.3 is 0 Å². The van der Waals surface area contributed by atoms with Gasteiger partial charge in [-0.05, 0) is 65.9 Å². The first-order chi connectivity index (χ1) is 21.5. The largest absolute Gasteiger partial charge is 0.455 e. The Labute approximate surface area is 256 Å². The van der Waals surface area contributed by atoms with E-state index in [1.165, 1.54) is 5.56 Å². The number of rotatable bonds is 4. The summed E-state index contributed by atoms with van der Waals surface area (Å²) in [5, 5.41) is 4.55. The van der Waals surface area contributed by atoms with E-state index in [1.807, 2.05) is 80.0 Å². The predicted molar refractivity (Wildman–Crippen MR) is 183 cm³/mol. The molecule has 214 valence electrons. The molecule has 0 atom stereocenters. The fourth-order valence-electron chi connectivity index (χ4n) is 5.61. The minimum absolute atomic E-state index is 0.489. The van der Waals surface area contributed by atoms with E-state index in [9.17, 15) is 0 Å². The highest BCUT2D eigenvalue weighted by molar-refractivity contribution is 6.10. The third-order valence-corrected chi connectivity index (χ3v) is 8.07. The Morgan fingerprint density at radius 1 is 0.568 bits per heavy atom. The molecule has 8 rings (SSSR count). The molecule has 0 spiro atoms. The summed E-state index contributed by atoms with van der Waals surface area (Å²) in [7, 11) is 0. The zero-order chi connectivity index (χ0) is 30.2. The van der Waals surface area contributed by atoms with Crippen LogP contribution < -0.4 is 0 Å². The molecule has 0 fully saturated rings. The maximum Gasteiger partial charge on any atom is 0.144 e. The van der Waals surface area contributed by atoms with Crippen LogP contribution in [0.5, 0.6) is 0 Å². The number of hydrogen-bond acceptors (Lipinski definition) is 4.